The third kappa shape index (κ3) is 3.71. The van der Waals surface area contributed by atoms with Crippen LogP contribution in [-0.4, -0.2) is 37.0 Å². The minimum absolute atomic E-state index is 0.176. The molecule has 0 saturated carbocycles. The maximum absolute atomic E-state index is 12.4. The molecule has 0 fully saturated rings. The molecular formula is C18H20N6O. The summed E-state index contributed by atoms with van der Waals surface area (Å²) in [6.07, 6.45) is 6.74. The van der Waals surface area contributed by atoms with E-state index in [-0.39, 0.29) is 5.91 Å². The zero-order valence-electron chi connectivity index (χ0n) is 14.5. The van der Waals surface area contributed by atoms with Crippen molar-refractivity contribution in [3.8, 4) is 11.4 Å². The van der Waals surface area contributed by atoms with Gasteiger partial charge in [-0.25, -0.2) is 15.0 Å². The second-order valence-corrected chi connectivity index (χ2v) is 5.80. The number of nitrogens with one attached hydrogen (secondary N) is 1. The molecular weight excluding hydrogens is 316 g/mol. The summed E-state index contributed by atoms with van der Waals surface area (Å²) in [5.74, 6) is 0.386. The van der Waals surface area contributed by atoms with Gasteiger partial charge in [-0.05, 0) is 32.9 Å². The van der Waals surface area contributed by atoms with Crippen molar-refractivity contribution >= 4 is 5.91 Å². The summed E-state index contributed by atoms with van der Waals surface area (Å²) >= 11 is 0. The molecule has 0 saturated heterocycles. The molecule has 0 radical (unpaired) electrons. The van der Waals surface area contributed by atoms with Crippen LogP contribution < -0.4 is 5.32 Å². The Kier molecular flexibility index (Phi) is 4.83. The Morgan fingerprint density at radius 1 is 1.16 bits per heavy atom. The lowest BCUT2D eigenvalue weighted by Crippen LogP contribution is -2.28. The first-order valence-corrected chi connectivity index (χ1v) is 8.07. The first-order valence-electron chi connectivity index (χ1n) is 8.07. The highest BCUT2D eigenvalue weighted by atomic mass is 16.1. The fourth-order valence-electron chi connectivity index (χ4n) is 2.48. The van der Waals surface area contributed by atoms with Gasteiger partial charge in [-0.15, -0.1) is 0 Å². The minimum atomic E-state index is -0.176. The van der Waals surface area contributed by atoms with Crippen LogP contribution in [0.5, 0.6) is 0 Å². The summed E-state index contributed by atoms with van der Waals surface area (Å²) in [4.78, 5) is 29.4. The number of nitrogens with zero attached hydrogens (tertiary/aromatic N) is 5. The lowest BCUT2D eigenvalue weighted by atomic mass is 10.2. The van der Waals surface area contributed by atoms with Crippen LogP contribution in [0.2, 0.25) is 0 Å². The Balaban J connectivity index is 1.65. The third-order valence-corrected chi connectivity index (χ3v) is 4.13. The molecule has 0 spiro atoms. The lowest BCUT2D eigenvalue weighted by Gasteiger charge is -2.09. The van der Waals surface area contributed by atoms with Crippen molar-refractivity contribution in [1.82, 2.24) is 29.8 Å². The molecule has 3 aromatic rings. The normalized spacial score (nSPS) is 10.7. The van der Waals surface area contributed by atoms with E-state index in [1.165, 1.54) is 0 Å². The van der Waals surface area contributed by atoms with Gasteiger partial charge in [0.25, 0.3) is 5.91 Å². The minimum Gasteiger partial charge on any atom is -0.350 e. The Morgan fingerprint density at radius 3 is 2.64 bits per heavy atom. The van der Waals surface area contributed by atoms with Crippen LogP contribution in [0.15, 0.2) is 37.1 Å². The molecule has 0 aliphatic rings. The van der Waals surface area contributed by atoms with Gasteiger partial charge in [0.1, 0.15) is 0 Å². The van der Waals surface area contributed by atoms with Crippen LogP contribution in [0.4, 0.5) is 0 Å². The van der Waals surface area contributed by atoms with Crippen molar-refractivity contribution in [3.05, 3.63) is 59.7 Å². The predicted molar refractivity (Wildman–Crippen MR) is 94.0 cm³/mol. The maximum Gasteiger partial charge on any atom is 0.254 e. The molecule has 0 atom stereocenters. The van der Waals surface area contributed by atoms with Gasteiger partial charge in [0.15, 0.2) is 5.82 Å². The molecule has 0 unspecified atom stereocenters. The molecule has 0 aliphatic carbocycles. The highest BCUT2D eigenvalue weighted by Crippen LogP contribution is 2.14. The summed E-state index contributed by atoms with van der Waals surface area (Å²) in [5.41, 5.74) is 4.05. The lowest BCUT2D eigenvalue weighted by molar-refractivity contribution is 0.0951. The molecule has 0 bridgehead atoms. The van der Waals surface area contributed by atoms with E-state index in [9.17, 15) is 4.79 Å². The van der Waals surface area contributed by atoms with Gasteiger partial charge in [0.2, 0.25) is 0 Å². The van der Waals surface area contributed by atoms with Gasteiger partial charge in [-0.1, -0.05) is 0 Å². The van der Waals surface area contributed by atoms with Crippen molar-refractivity contribution in [2.45, 2.75) is 27.3 Å². The Bertz CT molecular complexity index is 888. The average Bonchev–Trinajstić information content (AvgIpc) is 2.94. The summed E-state index contributed by atoms with van der Waals surface area (Å²) in [7, 11) is 0. The monoisotopic (exact) mass is 336 g/mol. The number of hydrogen-bond donors (Lipinski definition) is 1. The number of amides is 1. The first-order chi connectivity index (χ1) is 12.1. The topological polar surface area (TPSA) is 85.6 Å². The summed E-state index contributed by atoms with van der Waals surface area (Å²) in [6.45, 7) is 6.97. The smallest absolute Gasteiger partial charge is 0.254 e. The molecule has 0 aliphatic heterocycles. The molecule has 1 N–H and O–H groups in total. The van der Waals surface area contributed by atoms with Gasteiger partial charge in [0.05, 0.1) is 23.3 Å². The maximum atomic E-state index is 12.4. The van der Waals surface area contributed by atoms with Crippen molar-refractivity contribution in [3.63, 3.8) is 0 Å². The van der Waals surface area contributed by atoms with Gasteiger partial charge in [-0.3, -0.25) is 9.78 Å². The van der Waals surface area contributed by atoms with E-state index in [4.69, 9.17) is 0 Å². The van der Waals surface area contributed by atoms with Crippen LogP contribution in [0.1, 0.15) is 27.4 Å². The van der Waals surface area contributed by atoms with Gasteiger partial charge in [-0.2, -0.15) is 0 Å². The van der Waals surface area contributed by atoms with E-state index in [0.717, 1.165) is 17.0 Å². The van der Waals surface area contributed by atoms with Crippen molar-refractivity contribution in [1.29, 1.82) is 0 Å². The fraction of sp³-hybridized carbons (Fsp3) is 0.278. The molecule has 7 heteroatoms. The van der Waals surface area contributed by atoms with E-state index in [2.05, 4.69) is 25.3 Å². The standard InChI is InChI=1S/C18H20N6O/c1-12-14(3)24(11-22-12)8-7-20-18(25)16-10-21-17(23-13(16)2)15-5-4-6-19-9-15/h4-6,9-11H,7-8H2,1-3H3,(H,20,25). The van der Waals surface area contributed by atoms with E-state index in [1.54, 1.807) is 31.8 Å². The van der Waals surface area contributed by atoms with Crippen LogP contribution in [0.3, 0.4) is 0 Å². The predicted octanol–water partition coefficient (Wildman–Crippen LogP) is 2.09. The number of carbonyl (C=O) groups excluding carboxylic acids is 1. The third-order valence-electron chi connectivity index (χ3n) is 4.13. The number of imidazole rings is 1. The molecule has 25 heavy (non-hydrogen) atoms. The van der Waals surface area contributed by atoms with Crippen LogP contribution >= 0.6 is 0 Å². The van der Waals surface area contributed by atoms with Gasteiger partial charge >= 0.3 is 0 Å². The summed E-state index contributed by atoms with van der Waals surface area (Å²) in [5, 5.41) is 2.90. The van der Waals surface area contributed by atoms with Gasteiger partial charge < -0.3 is 9.88 Å². The highest BCUT2D eigenvalue weighted by Gasteiger charge is 2.12. The number of aromatic nitrogens is 5. The Hall–Kier alpha value is -3.09. The second-order valence-electron chi connectivity index (χ2n) is 5.80. The Morgan fingerprint density at radius 2 is 2.00 bits per heavy atom. The molecule has 1 amide bonds. The van der Waals surface area contributed by atoms with Gasteiger partial charge in [0, 0.05) is 42.9 Å². The average molecular weight is 336 g/mol. The first kappa shape index (κ1) is 16.8. The number of aryl methyl sites for hydroxylation is 2. The largest absolute Gasteiger partial charge is 0.350 e. The van der Waals surface area contributed by atoms with E-state index >= 15 is 0 Å². The fourth-order valence-corrected chi connectivity index (χ4v) is 2.48. The molecule has 0 aromatic carbocycles. The molecule has 128 valence electrons. The SMILES string of the molecule is Cc1nc(-c2cccnc2)ncc1C(=O)NCCn1cnc(C)c1C. The number of carbonyl (C=O) groups is 1. The zero-order valence-corrected chi connectivity index (χ0v) is 14.5. The van der Waals surface area contributed by atoms with Crippen molar-refractivity contribution in [2.75, 3.05) is 6.54 Å². The Labute approximate surface area is 146 Å². The van der Waals surface area contributed by atoms with Crippen molar-refractivity contribution in [2.24, 2.45) is 0 Å². The molecule has 7 nitrogen and oxygen atoms in total. The zero-order chi connectivity index (χ0) is 17.8. The quantitative estimate of drug-likeness (QED) is 0.771. The van der Waals surface area contributed by atoms with Crippen LogP contribution in [0.25, 0.3) is 11.4 Å². The second kappa shape index (κ2) is 7.21. The number of hydrogen-bond acceptors (Lipinski definition) is 5. The van der Waals surface area contributed by atoms with Crippen LogP contribution in [-0.2, 0) is 6.54 Å². The number of pyridine rings is 1. The van der Waals surface area contributed by atoms with Crippen molar-refractivity contribution < 1.29 is 4.79 Å². The van der Waals surface area contributed by atoms with E-state index < -0.39 is 0 Å². The highest BCUT2D eigenvalue weighted by molar-refractivity contribution is 5.95. The summed E-state index contributed by atoms with van der Waals surface area (Å²) < 4.78 is 2.02. The van der Waals surface area contributed by atoms with E-state index in [0.29, 0.717) is 30.2 Å². The molecule has 3 rings (SSSR count). The summed E-state index contributed by atoms with van der Waals surface area (Å²) in [6, 6.07) is 3.71. The molecule has 3 heterocycles. The molecule has 3 aromatic heterocycles. The van der Waals surface area contributed by atoms with E-state index in [1.807, 2.05) is 30.5 Å². The number of rotatable bonds is 5. The van der Waals surface area contributed by atoms with Crippen LogP contribution in [0, 0.1) is 20.8 Å².